The number of H-pyrrole nitrogens is 1. The molecule has 0 bridgehead atoms. The van der Waals surface area contributed by atoms with E-state index in [9.17, 15) is 9.59 Å². The van der Waals surface area contributed by atoms with Crippen LogP contribution in [-0.2, 0) is 4.79 Å². The molecule has 5 aromatic rings. The average molecular weight is 482 g/mol. The number of nitrogens with one attached hydrogen (secondary N) is 2. The summed E-state index contributed by atoms with van der Waals surface area (Å²) in [5.74, 6) is -0.804. The predicted octanol–water partition coefficient (Wildman–Crippen LogP) is 4.76. The van der Waals surface area contributed by atoms with Crippen LogP contribution in [0.25, 0.3) is 15.3 Å². The predicted molar refractivity (Wildman–Crippen MR) is 139 cm³/mol. The molecule has 7 nitrogen and oxygen atoms in total. The van der Waals surface area contributed by atoms with Gasteiger partial charge in [-0.15, -0.1) is 0 Å². The monoisotopic (exact) mass is 481 g/mol. The van der Waals surface area contributed by atoms with Crippen LogP contribution in [0.2, 0.25) is 0 Å². The molecule has 0 aliphatic rings. The molecule has 1 amide bonds. The molecule has 3 aromatic carbocycles. The van der Waals surface area contributed by atoms with Crippen molar-refractivity contribution in [2.75, 3.05) is 0 Å². The highest BCUT2D eigenvalue weighted by molar-refractivity contribution is 7.20. The van der Waals surface area contributed by atoms with Crippen molar-refractivity contribution in [2.45, 2.75) is 19.8 Å². The second-order valence-electron chi connectivity index (χ2n) is 8.14. The van der Waals surface area contributed by atoms with E-state index in [1.54, 1.807) is 13.8 Å². The molecule has 0 saturated heterocycles. The second kappa shape index (κ2) is 9.52. The maximum atomic E-state index is 13.3. The number of fused-ring (bicyclic) bond motifs is 1. The first-order chi connectivity index (χ1) is 17.0. The molecule has 0 unspecified atom stereocenters. The molecular formula is C27H23N5O2S. The van der Waals surface area contributed by atoms with Gasteiger partial charge in [0.2, 0.25) is 5.13 Å². The number of hydrazone groups is 1. The minimum Gasteiger partial charge on any atom is -0.293 e. The highest BCUT2D eigenvalue weighted by atomic mass is 32.1. The van der Waals surface area contributed by atoms with Gasteiger partial charge in [-0.2, -0.15) is 9.78 Å². The average Bonchev–Trinajstić information content (AvgIpc) is 3.44. The lowest BCUT2D eigenvalue weighted by Gasteiger charge is -2.16. The number of aryl methyl sites for hydroxylation is 1. The first kappa shape index (κ1) is 22.5. The molecule has 8 heteroatoms. The molecule has 0 aliphatic carbocycles. The van der Waals surface area contributed by atoms with E-state index < -0.39 is 5.92 Å². The first-order valence-electron chi connectivity index (χ1n) is 11.1. The third-order valence-electron chi connectivity index (χ3n) is 5.77. The largest absolute Gasteiger partial charge is 0.293 e. The lowest BCUT2D eigenvalue weighted by Crippen LogP contribution is -2.28. The van der Waals surface area contributed by atoms with Gasteiger partial charge in [-0.05, 0) is 37.1 Å². The molecule has 0 saturated carbocycles. The number of hydrogen-bond donors (Lipinski definition) is 2. The van der Waals surface area contributed by atoms with Crippen molar-refractivity contribution in [3.63, 3.8) is 0 Å². The number of rotatable bonds is 6. The van der Waals surface area contributed by atoms with E-state index >= 15 is 0 Å². The van der Waals surface area contributed by atoms with Crippen LogP contribution in [0, 0.1) is 6.92 Å². The highest BCUT2D eigenvalue weighted by Crippen LogP contribution is 2.25. The van der Waals surface area contributed by atoms with Gasteiger partial charge in [0.15, 0.2) is 0 Å². The molecule has 174 valence electrons. The number of aromatic amines is 1. The summed E-state index contributed by atoms with van der Waals surface area (Å²) in [6, 6.07) is 26.8. The van der Waals surface area contributed by atoms with Crippen LogP contribution in [0.1, 0.15) is 35.2 Å². The molecule has 0 aliphatic heterocycles. The van der Waals surface area contributed by atoms with E-state index in [-0.39, 0.29) is 11.5 Å². The molecule has 5 rings (SSSR count). The Kier molecular flexibility index (Phi) is 6.12. The molecule has 2 aromatic heterocycles. The minimum absolute atomic E-state index is 0.264. The molecule has 2 heterocycles. The van der Waals surface area contributed by atoms with Crippen LogP contribution in [-0.4, -0.2) is 26.4 Å². The molecule has 0 fully saturated rings. The van der Waals surface area contributed by atoms with Crippen molar-refractivity contribution in [1.29, 1.82) is 0 Å². The van der Waals surface area contributed by atoms with Gasteiger partial charge in [-0.3, -0.25) is 14.7 Å². The SMILES string of the molecule is C/C(=N\NC(=O)C(c1ccccc1)c1ccccc1)c1c(C)[nH]n(-c2nc3ccccc3s2)c1=O. The van der Waals surface area contributed by atoms with E-state index in [1.165, 1.54) is 16.0 Å². The zero-order valence-electron chi connectivity index (χ0n) is 19.2. The smallest absolute Gasteiger partial charge is 0.282 e. The molecule has 2 N–H and O–H groups in total. The van der Waals surface area contributed by atoms with Gasteiger partial charge in [-0.1, -0.05) is 84.1 Å². The Morgan fingerprint density at radius 2 is 1.57 bits per heavy atom. The lowest BCUT2D eigenvalue weighted by atomic mass is 9.91. The number of amides is 1. The van der Waals surface area contributed by atoms with Gasteiger partial charge in [0.25, 0.3) is 11.5 Å². The van der Waals surface area contributed by atoms with Crippen molar-refractivity contribution in [3.05, 3.63) is 118 Å². The number of thiazole rings is 1. The molecule has 0 spiro atoms. The fourth-order valence-corrected chi connectivity index (χ4v) is 5.03. The van der Waals surface area contributed by atoms with E-state index in [0.717, 1.165) is 21.3 Å². The Balaban J connectivity index is 1.44. The van der Waals surface area contributed by atoms with Crippen molar-refractivity contribution in [2.24, 2.45) is 5.10 Å². The van der Waals surface area contributed by atoms with E-state index in [2.05, 4.69) is 20.6 Å². The number of aromatic nitrogens is 3. The Bertz CT molecular complexity index is 1510. The van der Waals surface area contributed by atoms with Crippen molar-refractivity contribution >= 4 is 33.2 Å². The van der Waals surface area contributed by atoms with Gasteiger partial charge >= 0.3 is 0 Å². The van der Waals surface area contributed by atoms with Crippen molar-refractivity contribution < 1.29 is 4.79 Å². The Morgan fingerprint density at radius 1 is 0.971 bits per heavy atom. The molecule has 0 radical (unpaired) electrons. The molecular weight excluding hydrogens is 458 g/mol. The maximum Gasteiger partial charge on any atom is 0.282 e. The fourth-order valence-electron chi connectivity index (χ4n) is 4.11. The molecule has 35 heavy (non-hydrogen) atoms. The minimum atomic E-state index is -0.527. The highest BCUT2D eigenvalue weighted by Gasteiger charge is 2.23. The number of carbonyl (C=O) groups excluding carboxylic acids is 1. The van der Waals surface area contributed by atoms with Crippen LogP contribution in [0.5, 0.6) is 0 Å². The topological polar surface area (TPSA) is 92.1 Å². The summed E-state index contributed by atoms with van der Waals surface area (Å²) in [5, 5.41) is 7.95. The summed E-state index contributed by atoms with van der Waals surface area (Å²) in [6.07, 6.45) is 0. The number of hydrogen-bond acceptors (Lipinski definition) is 5. The maximum absolute atomic E-state index is 13.3. The molecule has 0 atom stereocenters. The second-order valence-corrected chi connectivity index (χ2v) is 9.15. The van der Waals surface area contributed by atoms with Gasteiger partial charge < -0.3 is 0 Å². The number of carbonyl (C=O) groups is 1. The Hall–Kier alpha value is -4.30. The van der Waals surface area contributed by atoms with Crippen molar-refractivity contribution in [1.82, 2.24) is 20.2 Å². The number of nitrogens with zero attached hydrogens (tertiary/aromatic N) is 3. The van der Waals surface area contributed by atoms with E-state index in [1.807, 2.05) is 84.9 Å². The first-order valence-corrected chi connectivity index (χ1v) is 12.0. The summed E-state index contributed by atoms with van der Waals surface area (Å²) in [4.78, 5) is 31.1. The third kappa shape index (κ3) is 4.43. The third-order valence-corrected chi connectivity index (χ3v) is 6.79. The normalized spacial score (nSPS) is 11.8. The Labute approximate surface area is 205 Å². The zero-order chi connectivity index (χ0) is 24.4. The van der Waals surface area contributed by atoms with E-state index in [0.29, 0.717) is 22.1 Å². The quantitative estimate of drug-likeness (QED) is 0.271. The van der Waals surface area contributed by atoms with Crippen LogP contribution in [0.15, 0.2) is 94.8 Å². The van der Waals surface area contributed by atoms with Gasteiger partial charge in [0.05, 0.1) is 27.4 Å². The van der Waals surface area contributed by atoms with Gasteiger partial charge in [0.1, 0.15) is 0 Å². The number of benzene rings is 3. The number of para-hydroxylation sites is 1. The Morgan fingerprint density at radius 3 is 2.20 bits per heavy atom. The summed E-state index contributed by atoms with van der Waals surface area (Å²) in [5.41, 5.74) is 6.43. The zero-order valence-corrected chi connectivity index (χ0v) is 20.0. The van der Waals surface area contributed by atoms with Crippen LogP contribution >= 0.6 is 11.3 Å². The summed E-state index contributed by atoms with van der Waals surface area (Å²) in [6.45, 7) is 3.51. The van der Waals surface area contributed by atoms with Crippen molar-refractivity contribution in [3.8, 4) is 5.13 Å². The van der Waals surface area contributed by atoms with Gasteiger partial charge in [-0.25, -0.2) is 10.4 Å². The lowest BCUT2D eigenvalue weighted by molar-refractivity contribution is -0.121. The standard InChI is InChI=1S/C27H23N5O2S/c1-17(23-18(2)31-32(26(23)34)27-28-21-15-9-10-16-22(21)35-27)29-30-25(33)24(19-11-5-3-6-12-19)20-13-7-4-8-14-20/h3-16,24,31H,1-2H3,(H,30,33)/b29-17+. The van der Waals surface area contributed by atoms with Crippen LogP contribution in [0.4, 0.5) is 0 Å². The fraction of sp³-hybridized carbons (Fsp3) is 0.111. The van der Waals surface area contributed by atoms with Gasteiger partial charge in [0, 0.05) is 5.69 Å². The van der Waals surface area contributed by atoms with Crippen LogP contribution < -0.4 is 11.0 Å². The van der Waals surface area contributed by atoms with E-state index in [4.69, 9.17) is 0 Å². The summed E-state index contributed by atoms with van der Waals surface area (Å²) in [7, 11) is 0. The van der Waals surface area contributed by atoms with Crippen LogP contribution in [0.3, 0.4) is 0 Å². The summed E-state index contributed by atoms with van der Waals surface area (Å²) < 4.78 is 2.42. The summed E-state index contributed by atoms with van der Waals surface area (Å²) >= 11 is 1.43.